The van der Waals surface area contributed by atoms with E-state index in [0.717, 1.165) is 160 Å². The molecule has 0 spiro atoms. The summed E-state index contributed by atoms with van der Waals surface area (Å²) < 4.78 is 0. The minimum Gasteiger partial charge on any atom is -0.378 e. The average molecular weight is 1500 g/mol. The van der Waals surface area contributed by atoms with Crippen LogP contribution in [0.5, 0.6) is 0 Å². The Morgan fingerprint density at radius 2 is 0.307 bits per heavy atom. The molecular weight excluding hydrogens is 1390 g/mol. The van der Waals surface area contributed by atoms with Crippen LogP contribution in [0.2, 0.25) is 0 Å². The maximum atomic E-state index is 3.31. The van der Waals surface area contributed by atoms with Crippen LogP contribution in [0.3, 0.4) is 0 Å². The van der Waals surface area contributed by atoms with Crippen LogP contribution in [0, 0.1) is 0 Å². The Kier molecular flexibility index (Phi) is 25.4. The molecule has 0 atom stereocenters. The highest BCUT2D eigenvalue weighted by atomic mass is 15.2. The second kappa shape index (κ2) is 36.7. The lowest BCUT2D eigenvalue weighted by Gasteiger charge is -2.27. The van der Waals surface area contributed by atoms with Crippen molar-refractivity contribution in [1.82, 2.24) is 10.6 Å². The first kappa shape index (κ1) is 78.8. The smallest absolute Gasteiger partial charge is 0.0463 e. The van der Waals surface area contributed by atoms with Crippen LogP contribution >= 0.6 is 0 Å². The van der Waals surface area contributed by atoms with E-state index in [2.05, 4.69) is 496 Å². The van der Waals surface area contributed by atoms with Crippen LogP contribution in [0.1, 0.15) is 55.6 Å². The van der Waals surface area contributed by atoms with E-state index >= 15 is 0 Å². The van der Waals surface area contributed by atoms with Crippen molar-refractivity contribution in [1.29, 1.82) is 0 Å². The molecule has 0 amide bonds. The van der Waals surface area contributed by atoms with E-state index in [-0.39, 0.29) is 0 Å². The zero-order valence-corrected chi connectivity index (χ0v) is 68.4. The van der Waals surface area contributed by atoms with Gasteiger partial charge in [0.05, 0.1) is 0 Å². The Morgan fingerprint density at radius 3 is 0.447 bits per heavy atom. The third-order valence-corrected chi connectivity index (χ3v) is 20.6. The summed E-state index contributed by atoms with van der Waals surface area (Å²) in [6.07, 6.45) is 18.1. The molecule has 0 aliphatic heterocycles. The molecule has 0 radical (unpaired) electrons. The molecule has 13 aromatic rings. The van der Waals surface area contributed by atoms with Gasteiger partial charge in [0.1, 0.15) is 0 Å². The molecular formula is C102H106N12. The van der Waals surface area contributed by atoms with Crippen LogP contribution < -0.4 is 59.6 Å². The van der Waals surface area contributed by atoms with Gasteiger partial charge in [0.2, 0.25) is 0 Å². The Bertz CT molecular complexity index is 4930. The summed E-state index contributed by atoms with van der Waals surface area (Å²) in [6, 6.07) is 111. The molecule has 13 rings (SSSR count). The van der Waals surface area contributed by atoms with Crippen LogP contribution in [0.25, 0.3) is 48.6 Å². The van der Waals surface area contributed by atoms with Crippen LogP contribution in [-0.4, -0.2) is 98.7 Å². The molecule has 0 aromatic heterocycles. The maximum Gasteiger partial charge on any atom is 0.0463 e. The molecule has 13 aromatic carbocycles. The number of nitrogens with one attached hydrogen (secondary N) is 2. The minimum absolute atomic E-state index is 0.798. The van der Waals surface area contributed by atoms with Crippen molar-refractivity contribution < 1.29 is 0 Å². The topological polar surface area (TPSA) is 56.5 Å². The molecule has 0 saturated heterocycles. The minimum atomic E-state index is 0.798. The highest BCUT2D eigenvalue weighted by Crippen LogP contribution is 2.42. The fourth-order valence-electron chi connectivity index (χ4n) is 14.0. The van der Waals surface area contributed by atoms with Gasteiger partial charge in [-0.25, -0.2) is 0 Å². The van der Waals surface area contributed by atoms with Crippen molar-refractivity contribution in [3.05, 3.63) is 359 Å². The van der Waals surface area contributed by atoms with Crippen molar-refractivity contribution in [3.8, 4) is 0 Å². The number of hydrogen-bond acceptors (Lipinski definition) is 12. The van der Waals surface area contributed by atoms with Crippen molar-refractivity contribution >= 4 is 151 Å². The summed E-state index contributed by atoms with van der Waals surface area (Å²) in [5.74, 6) is 0. The number of benzene rings is 13. The van der Waals surface area contributed by atoms with Gasteiger partial charge < -0.3 is 59.6 Å². The first-order valence-electron chi connectivity index (χ1n) is 39.0. The zero-order chi connectivity index (χ0) is 79.8. The van der Waals surface area contributed by atoms with E-state index in [1.54, 1.807) is 0 Å². The standard InChI is InChI=1S/C102H106N12/c1-103-73-79-27-43-95(44-28-79)111(97-59-47-85(48-60-97)105(3)4)91-35-19-75(20-36-91)15-31-81-71-83(33-17-77-23-39-93(40-24-77)113(99-63-51-87(52-64-99)107(7)8)100-65-53-88(54-66-100)108(9)10)84(34-18-78-25-41-94(42-26-78)114(101-67-55-89(56-68-101)109(11)12)102-69-57-90(58-70-102)110(13)14)72-82(81)32-16-76-21-37-92(38-22-76)112(96-45-29-80(30-46-96)74-104-2)98-61-49-86(50-62-98)106(5)6/h15-72,103-104H,73-74H2,1-14H3/b31-15+,32-16+,33-17+,34-18+. The third-order valence-electron chi connectivity index (χ3n) is 20.6. The van der Waals surface area contributed by atoms with Crippen LogP contribution in [0.4, 0.5) is 102 Å². The van der Waals surface area contributed by atoms with Gasteiger partial charge >= 0.3 is 0 Å². The fourth-order valence-corrected chi connectivity index (χ4v) is 14.0. The van der Waals surface area contributed by atoms with Gasteiger partial charge in [0.15, 0.2) is 0 Å². The second-order valence-electron chi connectivity index (χ2n) is 30.0. The summed E-state index contributed by atoms with van der Waals surface area (Å²) in [4.78, 5) is 22.1. The summed E-state index contributed by atoms with van der Waals surface area (Å²) in [5, 5.41) is 6.61. The lowest BCUT2D eigenvalue weighted by molar-refractivity contribution is 0.818. The second-order valence-corrected chi connectivity index (χ2v) is 30.0. The largest absolute Gasteiger partial charge is 0.378 e. The van der Waals surface area contributed by atoms with Gasteiger partial charge in [-0.1, -0.05) is 121 Å². The van der Waals surface area contributed by atoms with E-state index < -0.39 is 0 Å². The van der Waals surface area contributed by atoms with E-state index in [4.69, 9.17) is 0 Å². The van der Waals surface area contributed by atoms with Gasteiger partial charge in [-0.3, -0.25) is 0 Å². The van der Waals surface area contributed by atoms with Gasteiger partial charge in [-0.2, -0.15) is 0 Å². The molecule has 0 unspecified atom stereocenters. The quantitative estimate of drug-likeness (QED) is 0.0422. The van der Waals surface area contributed by atoms with Crippen molar-refractivity contribution in [2.24, 2.45) is 0 Å². The predicted octanol–water partition coefficient (Wildman–Crippen LogP) is 24.1. The molecule has 0 fully saturated rings. The summed E-state index contributed by atoms with van der Waals surface area (Å²) in [7, 11) is 28.9. The molecule has 0 aliphatic carbocycles. The van der Waals surface area contributed by atoms with Crippen LogP contribution in [0.15, 0.2) is 303 Å². The molecule has 12 nitrogen and oxygen atoms in total. The number of nitrogens with zero attached hydrogens (tertiary/aromatic N) is 10. The molecule has 574 valence electrons. The third kappa shape index (κ3) is 19.4. The number of rotatable bonds is 30. The molecule has 0 saturated carbocycles. The lowest BCUT2D eigenvalue weighted by Crippen LogP contribution is -2.12. The molecule has 0 aliphatic rings. The van der Waals surface area contributed by atoms with E-state index in [1.165, 1.54) is 11.1 Å². The SMILES string of the molecule is CNCc1ccc(N(c2ccc(/C=C/c3cc(/C=C/c4ccc(N(c5ccc(N(C)C)cc5)c5ccc(N(C)C)cc5)cc4)c(/C=C/c4ccc(N(c5ccc(N(C)C)cc5)c5ccc(N(C)C)cc5)cc4)cc3/C=C/c3ccc(N(c4ccc(CNC)cc4)c4ccc(N(C)C)cc4)cc3)cc2)c2ccc(N(C)C)cc2)cc1. The molecule has 114 heavy (non-hydrogen) atoms. The van der Waals surface area contributed by atoms with Crippen molar-refractivity contribution in [2.75, 3.05) is 148 Å². The van der Waals surface area contributed by atoms with E-state index in [9.17, 15) is 0 Å². The van der Waals surface area contributed by atoms with Crippen molar-refractivity contribution in [2.45, 2.75) is 13.1 Å². The molecule has 0 bridgehead atoms. The zero-order valence-electron chi connectivity index (χ0n) is 68.4. The summed E-state index contributed by atoms with van der Waals surface area (Å²) in [6.45, 7) is 1.60. The van der Waals surface area contributed by atoms with Crippen molar-refractivity contribution in [3.63, 3.8) is 0 Å². The Labute approximate surface area is 677 Å². The van der Waals surface area contributed by atoms with Gasteiger partial charge in [0, 0.05) is 200 Å². The predicted molar refractivity (Wildman–Crippen MR) is 498 cm³/mol. The Morgan fingerprint density at radius 1 is 0.175 bits per heavy atom. The summed E-state index contributed by atoms with van der Waals surface area (Å²) in [5.41, 5.74) is 30.7. The first-order chi connectivity index (χ1) is 55.3. The van der Waals surface area contributed by atoms with Gasteiger partial charge in [-0.15, -0.1) is 0 Å². The average Bonchev–Trinajstić information content (AvgIpc) is 0.816. The lowest BCUT2D eigenvalue weighted by atomic mass is 9.95. The highest BCUT2D eigenvalue weighted by Gasteiger charge is 2.19. The highest BCUT2D eigenvalue weighted by molar-refractivity contribution is 5.90. The van der Waals surface area contributed by atoms with Gasteiger partial charge in [-0.05, 0) is 300 Å². The van der Waals surface area contributed by atoms with Gasteiger partial charge in [0.25, 0.3) is 0 Å². The monoisotopic (exact) mass is 1500 g/mol. The molecule has 2 N–H and O–H groups in total. The fraction of sp³-hybridized carbons (Fsp3) is 0.157. The van der Waals surface area contributed by atoms with Crippen LogP contribution in [-0.2, 0) is 13.1 Å². The first-order valence-corrected chi connectivity index (χ1v) is 39.0. The Balaban J connectivity index is 0.915. The number of hydrogen-bond donors (Lipinski definition) is 2. The van der Waals surface area contributed by atoms with E-state index in [0.29, 0.717) is 0 Å². The normalized spacial score (nSPS) is 11.4. The Hall–Kier alpha value is -13.3. The maximum absolute atomic E-state index is 3.31. The van der Waals surface area contributed by atoms with E-state index in [1.807, 2.05) is 14.1 Å². The molecule has 0 heterocycles. The molecule has 12 heteroatoms. The number of anilines is 18. The summed E-state index contributed by atoms with van der Waals surface area (Å²) >= 11 is 0.